The Bertz CT molecular complexity index is 1010. The summed E-state index contributed by atoms with van der Waals surface area (Å²) in [6.07, 6.45) is 0.145. The number of hydrogen-bond acceptors (Lipinski definition) is 3. The molecule has 3 aromatic rings. The molecule has 1 aromatic carbocycles. The van der Waals surface area contributed by atoms with Crippen LogP contribution in [0.25, 0.3) is 0 Å². The van der Waals surface area contributed by atoms with Gasteiger partial charge in [0, 0.05) is 38.4 Å². The van der Waals surface area contributed by atoms with Gasteiger partial charge in [-0.15, -0.1) is 0 Å². The van der Waals surface area contributed by atoms with Crippen LogP contribution in [-0.2, 0) is 19.8 Å². The monoisotopic (exact) mass is 386 g/mol. The van der Waals surface area contributed by atoms with Crippen LogP contribution in [0.2, 0.25) is 0 Å². The molecular weight excluding hydrogens is 369 g/mol. The van der Waals surface area contributed by atoms with Crippen LogP contribution in [-0.4, -0.2) is 32.1 Å². The van der Waals surface area contributed by atoms with Gasteiger partial charge in [-0.25, -0.2) is 0 Å². The Morgan fingerprint density at radius 2 is 1.93 bits per heavy atom. The van der Waals surface area contributed by atoms with E-state index in [1.807, 2.05) is 37.5 Å². The van der Waals surface area contributed by atoms with E-state index >= 15 is 0 Å². The lowest BCUT2D eigenvalue weighted by Gasteiger charge is -2.34. The second-order valence-corrected chi connectivity index (χ2v) is 6.81. The normalized spacial score (nSPS) is 16.7. The molecule has 0 fully saturated rings. The summed E-state index contributed by atoms with van der Waals surface area (Å²) in [4.78, 5) is 18.0. The Labute approximate surface area is 159 Å². The van der Waals surface area contributed by atoms with E-state index in [1.165, 1.54) is 6.07 Å². The molecule has 0 spiro atoms. The minimum absolute atomic E-state index is 0.0509. The first kappa shape index (κ1) is 18.2. The van der Waals surface area contributed by atoms with Gasteiger partial charge in [0.15, 0.2) is 0 Å². The zero-order chi connectivity index (χ0) is 19.9. The quantitative estimate of drug-likeness (QED) is 0.676. The average molecular weight is 386 g/mol. The van der Waals surface area contributed by atoms with Gasteiger partial charge < -0.3 is 4.90 Å². The van der Waals surface area contributed by atoms with Gasteiger partial charge in [-0.3, -0.25) is 14.5 Å². The fourth-order valence-electron chi connectivity index (χ4n) is 3.54. The maximum absolute atomic E-state index is 12.9. The van der Waals surface area contributed by atoms with E-state index < -0.39 is 11.9 Å². The van der Waals surface area contributed by atoms with Crippen molar-refractivity contribution < 1.29 is 18.0 Å². The van der Waals surface area contributed by atoms with E-state index in [-0.39, 0.29) is 17.4 Å². The van der Waals surface area contributed by atoms with Gasteiger partial charge in [0.2, 0.25) is 0 Å². The Kier molecular flexibility index (Phi) is 4.41. The Morgan fingerprint density at radius 1 is 1.14 bits per heavy atom. The lowest BCUT2D eigenvalue weighted by molar-refractivity contribution is -0.141. The molecule has 3 heterocycles. The van der Waals surface area contributed by atoms with Crippen molar-refractivity contribution in [2.75, 3.05) is 6.54 Å². The van der Waals surface area contributed by atoms with E-state index in [9.17, 15) is 18.0 Å². The van der Waals surface area contributed by atoms with Crippen molar-refractivity contribution in [2.24, 2.45) is 7.05 Å². The highest BCUT2D eigenvalue weighted by Gasteiger charge is 2.33. The molecule has 1 aliphatic heterocycles. The molecule has 0 aliphatic carbocycles. The molecule has 1 amide bonds. The predicted molar refractivity (Wildman–Crippen MR) is 95.5 cm³/mol. The third kappa shape index (κ3) is 3.37. The summed E-state index contributed by atoms with van der Waals surface area (Å²) in [6, 6.07) is 9.88. The zero-order valence-electron chi connectivity index (χ0n) is 15.0. The van der Waals surface area contributed by atoms with Crippen LogP contribution in [0.1, 0.15) is 38.7 Å². The molecule has 1 atom stereocenters. The molecule has 28 heavy (non-hydrogen) atoms. The first-order valence-corrected chi connectivity index (χ1v) is 8.72. The summed E-state index contributed by atoms with van der Waals surface area (Å²) >= 11 is 0. The molecule has 0 radical (unpaired) electrons. The number of alkyl halides is 3. The average Bonchev–Trinajstić information content (AvgIpc) is 3.12. The van der Waals surface area contributed by atoms with E-state index in [1.54, 1.807) is 15.8 Å². The number of pyridine rings is 1. The summed E-state index contributed by atoms with van der Waals surface area (Å²) < 4.78 is 39.9. The maximum Gasteiger partial charge on any atom is 0.433 e. The topological polar surface area (TPSA) is 51.0 Å². The van der Waals surface area contributed by atoms with Gasteiger partial charge in [-0.05, 0) is 28.8 Å². The first-order valence-electron chi connectivity index (χ1n) is 8.72. The van der Waals surface area contributed by atoms with Gasteiger partial charge in [0.1, 0.15) is 5.69 Å². The van der Waals surface area contributed by atoms with Crippen LogP contribution in [0, 0.1) is 0 Å². The van der Waals surface area contributed by atoms with Gasteiger partial charge in [0.05, 0.1) is 11.8 Å². The number of fused-ring (bicyclic) bond motifs is 1. The molecule has 4 rings (SSSR count). The highest BCUT2D eigenvalue weighted by molar-refractivity contribution is 5.94. The van der Waals surface area contributed by atoms with Crippen molar-refractivity contribution in [2.45, 2.75) is 18.6 Å². The van der Waals surface area contributed by atoms with Crippen LogP contribution in [0.15, 0.2) is 55.0 Å². The van der Waals surface area contributed by atoms with Gasteiger partial charge in [-0.2, -0.15) is 18.3 Å². The minimum Gasteiger partial charge on any atom is -0.333 e. The number of hydrogen-bond donors (Lipinski definition) is 0. The van der Waals surface area contributed by atoms with Gasteiger partial charge >= 0.3 is 6.18 Å². The lowest BCUT2D eigenvalue weighted by atomic mass is 9.86. The molecule has 8 heteroatoms. The van der Waals surface area contributed by atoms with Crippen molar-refractivity contribution >= 4 is 5.91 Å². The summed E-state index contributed by atoms with van der Waals surface area (Å²) in [5.41, 5.74) is 2.25. The number of carbonyl (C=O) groups excluding carboxylic acids is 1. The van der Waals surface area contributed by atoms with E-state index in [4.69, 9.17) is 0 Å². The molecule has 0 saturated heterocycles. The molecular formula is C20H17F3N4O. The van der Waals surface area contributed by atoms with Crippen molar-refractivity contribution in [1.29, 1.82) is 0 Å². The molecule has 0 bridgehead atoms. The van der Waals surface area contributed by atoms with Crippen LogP contribution in [0.4, 0.5) is 13.2 Å². The molecule has 5 nitrogen and oxygen atoms in total. The molecule has 1 unspecified atom stereocenters. The SMILES string of the molecule is Cn1cc(C2CN(C(=O)c3ccc(C(F)(F)F)nc3)Cc3ccccc32)cn1. The Hall–Kier alpha value is -3.16. The summed E-state index contributed by atoms with van der Waals surface area (Å²) in [5, 5.41) is 4.22. The van der Waals surface area contributed by atoms with Crippen LogP contribution in [0.5, 0.6) is 0 Å². The Morgan fingerprint density at radius 3 is 2.57 bits per heavy atom. The number of amides is 1. The van der Waals surface area contributed by atoms with Crippen molar-refractivity contribution in [3.63, 3.8) is 0 Å². The van der Waals surface area contributed by atoms with E-state index in [0.29, 0.717) is 13.1 Å². The fourth-order valence-corrected chi connectivity index (χ4v) is 3.54. The molecule has 1 aliphatic rings. The number of aryl methyl sites for hydroxylation is 1. The highest BCUT2D eigenvalue weighted by Crippen LogP contribution is 2.34. The highest BCUT2D eigenvalue weighted by atomic mass is 19.4. The largest absolute Gasteiger partial charge is 0.433 e. The third-order valence-corrected chi connectivity index (χ3v) is 4.91. The summed E-state index contributed by atoms with van der Waals surface area (Å²) in [5.74, 6) is -0.394. The van der Waals surface area contributed by atoms with Crippen molar-refractivity contribution in [3.8, 4) is 0 Å². The minimum atomic E-state index is -4.53. The maximum atomic E-state index is 12.9. The van der Waals surface area contributed by atoms with Gasteiger partial charge in [0.25, 0.3) is 5.91 Å². The standard InChI is InChI=1S/C20H17F3N4O/c1-26-10-15(9-25-26)17-12-27(11-14-4-2-3-5-16(14)17)19(28)13-6-7-18(24-8-13)20(21,22)23/h2-10,17H,11-12H2,1H3. The summed E-state index contributed by atoms with van der Waals surface area (Å²) in [6.45, 7) is 0.815. The number of carbonyl (C=O) groups is 1. The Balaban J connectivity index is 1.64. The molecule has 0 saturated carbocycles. The molecule has 144 valence electrons. The first-order chi connectivity index (χ1) is 13.3. The zero-order valence-corrected chi connectivity index (χ0v) is 15.0. The predicted octanol–water partition coefficient (Wildman–Crippen LogP) is 3.62. The number of benzene rings is 1. The number of nitrogens with zero attached hydrogens (tertiary/aromatic N) is 4. The van der Waals surface area contributed by atoms with Crippen LogP contribution < -0.4 is 0 Å². The smallest absolute Gasteiger partial charge is 0.333 e. The van der Waals surface area contributed by atoms with Crippen molar-refractivity contribution in [3.05, 3.63) is 82.9 Å². The van der Waals surface area contributed by atoms with Crippen molar-refractivity contribution in [1.82, 2.24) is 19.7 Å². The van der Waals surface area contributed by atoms with E-state index in [0.717, 1.165) is 29.0 Å². The summed E-state index contributed by atoms with van der Waals surface area (Å²) in [7, 11) is 1.83. The lowest BCUT2D eigenvalue weighted by Crippen LogP contribution is -2.38. The third-order valence-electron chi connectivity index (χ3n) is 4.91. The van der Waals surface area contributed by atoms with E-state index in [2.05, 4.69) is 10.1 Å². The van der Waals surface area contributed by atoms with Crippen LogP contribution in [0.3, 0.4) is 0 Å². The molecule has 2 aromatic heterocycles. The number of rotatable bonds is 2. The second-order valence-electron chi connectivity index (χ2n) is 6.81. The van der Waals surface area contributed by atoms with Crippen LogP contribution >= 0.6 is 0 Å². The fraction of sp³-hybridized carbons (Fsp3) is 0.250. The number of aromatic nitrogens is 3. The molecule has 0 N–H and O–H groups in total. The number of halogens is 3. The van der Waals surface area contributed by atoms with Gasteiger partial charge in [-0.1, -0.05) is 24.3 Å². The second kappa shape index (κ2) is 6.78.